The van der Waals surface area contributed by atoms with Crippen LogP contribution in [0.1, 0.15) is 5.76 Å². The molecule has 9 nitrogen and oxygen atoms in total. The molecule has 0 aromatic carbocycles. The van der Waals surface area contributed by atoms with Gasteiger partial charge in [0.15, 0.2) is 5.88 Å². The minimum atomic E-state index is -0.471. The number of hydrogen-bond acceptors (Lipinski definition) is 8. The predicted octanol–water partition coefficient (Wildman–Crippen LogP) is 1.01. The maximum Gasteiger partial charge on any atom is 0.294 e. The number of nitrogens with zero attached hydrogens (tertiary/aromatic N) is 3. The molecule has 0 aliphatic carbocycles. The van der Waals surface area contributed by atoms with Crippen molar-refractivity contribution in [3.8, 4) is 0 Å². The Balaban J connectivity index is 1.41. The molecule has 3 saturated heterocycles. The van der Waals surface area contributed by atoms with Crippen molar-refractivity contribution in [3.63, 3.8) is 0 Å². The zero-order valence-corrected chi connectivity index (χ0v) is 16.1. The van der Waals surface area contributed by atoms with Gasteiger partial charge in [-0.15, -0.1) is 0 Å². The van der Waals surface area contributed by atoms with Crippen molar-refractivity contribution >= 4 is 40.8 Å². The first-order valence-electron chi connectivity index (χ1n) is 9.15. The lowest BCUT2D eigenvalue weighted by molar-refractivity contribution is -0.139. The normalized spacial score (nSPS) is 22.4. The van der Waals surface area contributed by atoms with Gasteiger partial charge in [0.1, 0.15) is 12.3 Å². The fourth-order valence-electron chi connectivity index (χ4n) is 3.19. The van der Waals surface area contributed by atoms with Gasteiger partial charge >= 0.3 is 0 Å². The van der Waals surface area contributed by atoms with E-state index in [0.29, 0.717) is 51.2 Å². The van der Waals surface area contributed by atoms with Gasteiger partial charge in [-0.25, -0.2) is 0 Å². The van der Waals surface area contributed by atoms with Gasteiger partial charge in [0, 0.05) is 38.3 Å². The number of thioether (sulfide) groups is 1. The maximum atomic E-state index is 12.6. The molecule has 10 heteroatoms. The molecular weight excluding hydrogens is 386 g/mol. The summed E-state index contributed by atoms with van der Waals surface area (Å²) in [6.07, 6.45) is 1.55. The van der Waals surface area contributed by atoms with E-state index in [4.69, 9.17) is 13.9 Å². The third-order valence-corrected chi connectivity index (χ3v) is 5.65. The van der Waals surface area contributed by atoms with Crippen molar-refractivity contribution in [1.82, 2.24) is 9.80 Å². The third-order valence-electron chi connectivity index (χ3n) is 4.74. The number of ether oxygens (including phenoxy) is 2. The standard InChI is InChI=1S/C18H21N3O6S/c22-15(19-3-7-25-8-4-19)12-21-17(23)14(28-18(21)24)11-13-1-2-16(27-13)20-5-9-26-10-6-20/h1-2,11H,3-10,12H2/b14-11+. The molecule has 3 aliphatic heterocycles. The monoisotopic (exact) mass is 407 g/mol. The molecule has 0 bridgehead atoms. The number of furan rings is 1. The molecule has 150 valence electrons. The Labute approximate surface area is 166 Å². The van der Waals surface area contributed by atoms with Crippen molar-refractivity contribution in [2.24, 2.45) is 0 Å². The van der Waals surface area contributed by atoms with E-state index in [-0.39, 0.29) is 17.4 Å². The highest BCUT2D eigenvalue weighted by atomic mass is 32.2. The molecule has 0 spiro atoms. The van der Waals surface area contributed by atoms with Crippen LogP contribution in [0.25, 0.3) is 6.08 Å². The Kier molecular flexibility index (Phi) is 5.69. The van der Waals surface area contributed by atoms with Crippen LogP contribution in [-0.4, -0.2) is 86.0 Å². The van der Waals surface area contributed by atoms with Gasteiger partial charge in [-0.2, -0.15) is 0 Å². The Morgan fingerprint density at radius 2 is 1.71 bits per heavy atom. The zero-order chi connectivity index (χ0) is 19.5. The molecule has 3 fully saturated rings. The van der Waals surface area contributed by atoms with Crippen molar-refractivity contribution in [2.45, 2.75) is 0 Å². The van der Waals surface area contributed by atoms with Crippen molar-refractivity contribution in [2.75, 3.05) is 64.1 Å². The summed E-state index contributed by atoms with van der Waals surface area (Å²) in [5.41, 5.74) is 0. The number of anilines is 1. The first-order chi connectivity index (χ1) is 13.6. The second-order valence-corrected chi connectivity index (χ2v) is 7.53. The fraction of sp³-hybridized carbons (Fsp3) is 0.500. The summed E-state index contributed by atoms with van der Waals surface area (Å²) in [6.45, 7) is 4.41. The van der Waals surface area contributed by atoms with Crippen LogP contribution in [-0.2, 0) is 19.1 Å². The largest absolute Gasteiger partial charge is 0.441 e. The van der Waals surface area contributed by atoms with E-state index < -0.39 is 11.1 Å². The van der Waals surface area contributed by atoms with Gasteiger partial charge in [-0.1, -0.05) is 0 Å². The lowest BCUT2D eigenvalue weighted by atomic mass is 10.3. The first-order valence-corrected chi connectivity index (χ1v) is 9.97. The molecule has 0 saturated carbocycles. The van der Waals surface area contributed by atoms with Gasteiger partial charge in [0.25, 0.3) is 11.1 Å². The molecule has 4 rings (SSSR count). The van der Waals surface area contributed by atoms with Crippen LogP contribution in [0.15, 0.2) is 21.5 Å². The Hall–Kier alpha value is -2.30. The van der Waals surface area contributed by atoms with Crippen molar-refractivity contribution in [3.05, 3.63) is 22.8 Å². The number of morpholine rings is 2. The zero-order valence-electron chi connectivity index (χ0n) is 15.3. The Morgan fingerprint density at radius 3 is 2.43 bits per heavy atom. The fourth-order valence-corrected chi connectivity index (χ4v) is 4.01. The van der Waals surface area contributed by atoms with Crippen molar-refractivity contribution in [1.29, 1.82) is 0 Å². The van der Waals surface area contributed by atoms with E-state index >= 15 is 0 Å². The Morgan fingerprint density at radius 1 is 1.04 bits per heavy atom. The third kappa shape index (κ3) is 4.08. The average Bonchev–Trinajstić information content (AvgIpc) is 3.30. The quantitative estimate of drug-likeness (QED) is 0.683. The topological polar surface area (TPSA) is 92.5 Å². The van der Waals surface area contributed by atoms with Crippen LogP contribution < -0.4 is 4.90 Å². The van der Waals surface area contributed by atoms with Crippen molar-refractivity contribution < 1.29 is 28.3 Å². The van der Waals surface area contributed by atoms with E-state index in [2.05, 4.69) is 4.90 Å². The summed E-state index contributed by atoms with van der Waals surface area (Å²) in [7, 11) is 0. The molecule has 0 unspecified atom stereocenters. The summed E-state index contributed by atoms with van der Waals surface area (Å²) in [5.74, 6) is 0.475. The lowest BCUT2D eigenvalue weighted by Crippen LogP contribution is -2.46. The van der Waals surface area contributed by atoms with E-state index in [1.807, 2.05) is 6.07 Å². The number of rotatable bonds is 4. The van der Waals surface area contributed by atoms with Crippen LogP contribution in [0.5, 0.6) is 0 Å². The van der Waals surface area contributed by atoms with E-state index in [0.717, 1.165) is 29.8 Å². The highest BCUT2D eigenvalue weighted by Crippen LogP contribution is 2.33. The van der Waals surface area contributed by atoms with Gasteiger partial charge < -0.3 is 23.7 Å². The summed E-state index contributed by atoms with van der Waals surface area (Å²) in [5, 5.41) is -0.446. The number of imide groups is 1. The number of hydrogen-bond donors (Lipinski definition) is 0. The molecule has 3 amide bonds. The molecular formula is C18H21N3O6S. The van der Waals surface area contributed by atoms with E-state index in [9.17, 15) is 14.4 Å². The number of carbonyl (C=O) groups is 3. The van der Waals surface area contributed by atoms with E-state index in [1.54, 1.807) is 17.0 Å². The van der Waals surface area contributed by atoms with Crippen LogP contribution in [0, 0.1) is 0 Å². The maximum absolute atomic E-state index is 12.6. The summed E-state index contributed by atoms with van der Waals surface area (Å²) in [4.78, 5) is 42.1. The second-order valence-electron chi connectivity index (χ2n) is 6.54. The average molecular weight is 407 g/mol. The van der Waals surface area contributed by atoms with Crippen LogP contribution in [0.4, 0.5) is 10.7 Å². The summed E-state index contributed by atoms with van der Waals surface area (Å²) in [6, 6.07) is 3.60. The molecule has 4 heterocycles. The van der Waals surface area contributed by atoms with Crippen LogP contribution in [0.2, 0.25) is 0 Å². The molecule has 0 N–H and O–H groups in total. The minimum Gasteiger partial charge on any atom is -0.441 e. The lowest BCUT2D eigenvalue weighted by Gasteiger charge is -2.28. The highest BCUT2D eigenvalue weighted by molar-refractivity contribution is 8.18. The van der Waals surface area contributed by atoms with Crippen LogP contribution in [0.3, 0.4) is 0 Å². The molecule has 1 aromatic heterocycles. The van der Waals surface area contributed by atoms with Gasteiger partial charge in [-0.3, -0.25) is 19.3 Å². The predicted molar refractivity (Wildman–Crippen MR) is 102 cm³/mol. The number of carbonyl (C=O) groups excluding carboxylic acids is 3. The number of amides is 3. The minimum absolute atomic E-state index is 0.251. The second kappa shape index (κ2) is 8.38. The Bertz CT molecular complexity index is 795. The molecule has 28 heavy (non-hydrogen) atoms. The molecule has 0 radical (unpaired) electrons. The van der Waals surface area contributed by atoms with Crippen LogP contribution >= 0.6 is 11.8 Å². The summed E-state index contributed by atoms with van der Waals surface area (Å²) < 4.78 is 16.3. The smallest absolute Gasteiger partial charge is 0.294 e. The van der Waals surface area contributed by atoms with E-state index in [1.165, 1.54) is 0 Å². The first kappa shape index (κ1) is 19.0. The van der Waals surface area contributed by atoms with Gasteiger partial charge in [-0.05, 0) is 17.8 Å². The molecule has 3 aliphatic rings. The van der Waals surface area contributed by atoms with Gasteiger partial charge in [0.05, 0.1) is 31.3 Å². The highest BCUT2D eigenvalue weighted by Gasteiger charge is 2.37. The van der Waals surface area contributed by atoms with Gasteiger partial charge in [0.2, 0.25) is 5.91 Å². The molecule has 1 aromatic rings. The SMILES string of the molecule is O=C(CN1C(=O)S/C(=C/c2ccc(N3CCOCC3)o2)C1=O)N1CCOCC1. The summed E-state index contributed by atoms with van der Waals surface area (Å²) >= 11 is 0.820. The molecule has 0 atom stereocenters.